The minimum Gasteiger partial charge on any atom is -0.372 e. The molecule has 0 aromatic heterocycles. The Morgan fingerprint density at radius 3 is 2.12 bits per heavy atom. The lowest BCUT2D eigenvalue weighted by Gasteiger charge is -2.21. The Bertz CT molecular complexity index is 692. The molecule has 2 rings (SSSR count). The number of carbonyl (C=O) groups is 1. The van der Waals surface area contributed by atoms with Crippen LogP contribution in [0.2, 0.25) is 0 Å². The van der Waals surface area contributed by atoms with Gasteiger partial charge in [0.2, 0.25) is 5.91 Å². The van der Waals surface area contributed by atoms with Gasteiger partial charge in [0.25, 0.3) is 5.69 Å². The number of nitro groups is 1. The summed E-state index contributed by atoms with van der Waals surface area (Å²) in [5.74, 6) is -0.153. The summed E-state index contributed by atoms with van der Waals surface area (Å²) >= 11 is 0. The second kappa shape index (κ2) is 8.10. The first-order valence-corrected chi connectivity index (χ1v) is 7.91. The molecule has 0 aliphatic rings. The largest absolute Gasteiger partial charge is 0.372 e. The Labute approximate surface area is 141 Å². The summed E-state index contributed by atoms with van der Waals surface area (Å²) in [5.41, 5.74) is 2.61. The quantitative estimate of drug-likeness (QED) is 0.622. The second-order valence-electron chi connectivity index (χ2n) is 5.37. The SMILES string of the molecule is CCN(CC)c1ccc(NC(=O)Cc2ccc([N+](=O)[O-])cc2)cc1. The van der Waals surface area contributed by atoms with E-state index in [-0.39, 0.29) is 18.0 Å². The molecule has 0 unspecified atom stereocenters. The number of carbonyl (C=O) groups excluding carboxylic acids is 1. The van der Waals surface area contributed by atoms with Crippen molar-refractivity contribution < 1.29 is 9.72 Å². The Morgan fingerprint density at radius 2 is 1.62 bits per heavy atom. The molecular weight excluding hydrogens is 306 g/mol. The van der Waals surface area contributed by atoms with Crippen LogP contribution in [-0.4, -0.2) is 23.9 Å². The number of nitrogens with zero attached hydrogens (tertiary/aromatic N) is 2. The van der Waals surface area contributed by atoms with Crippen molar-refractivity contribution in [1.29, 1.82) is 0 Å². The highest BCUT2D eigenvalue weighted by Crippen LogP contribution is 2.18. The van der Waals surface area contributed by atoms with Crippen LogP contribution < -0.4 is 10.2 Å². The van der Waals surface area contributed by atoms with E-state index < -0.39 is 4.92 Å². The Hall–Kier alpha value is -2.89. The van der Waals surface area contributed by atoms with Gasteiger partial charge in [-0.25, -0.2) is 0 Å². The predicted molar refractivity (Wildman–Crippen MR) is 95.4 cm³/mol. The molecule has 6 heteroatoms. The number of benzene rings is 2. The highest BCUT2D eigenvalue weighted by molar-refractivity contribution is 5.92. The molecule has 1 N–H and O–H groups in total. The van der Waals surface area contributed by atoms with Gasteiger partial charge >= 0.3 is 0 Å². The van der Waals surface area contributed by atoms with Gasteiger partial charge in [0.05, 0.1) is 11.3 Å². The summed E-state index contributed by atoms with van der Waals surface area (Å²) in [4.78, 5) is 24.5. The van der Waals surface area contributed by atoms with Gasteiger partial charge in [-0.15, -0.1) is 0 Å². The normalized spacial score (nSPS) is 10.2. The first kappa shape index (κ1) is 17.5. The number of non-ortho nitro benzene ring substituents is 1. The number of anilines is 2. The molecule has 1 amide bonds. The third-order valence-corrected chi connectivity index (χ3v) is 3.79. The van der Waals surface area contributed by atoms with Crippen LogP contribution in [0.4, 0.5) is 17.1 Å². The highest BCUT2D eigenvalue weighted by Gasteiger charge is 2.08. The van der Waals surface area contributed by atoms with Crippen molar-refractivity contribution in [2.45, 2.75) is 20.3 Å². The molecular formula is C18H21N3O3. The summed E-state index contributed by atoms with van der Waals surface area (Å²) in [7, 11) is 0. The van der Waals surface area contributed by atoms with Gasteiger partial charge in [-0.3, -0.25) is 14.9 Å². The number of rotatable bonds is 7. The van der Waals surface area contributed by atoms with Crippen LogP contribution in [0.1, 0.15) is 19.4 Å². The monoisotopic (exact) mass is 327 g/mol. The van der Waals surface area contributed by atoms with E-state index in [2.05, 4.69) is 24.1 Å². The van der Waals surface area contributed by atoms with Gasteiger partial charge < -0.3 is 10.2 Å². The minimum atomic E-state index is -0.457. The maximum atomic E-state index is 12.1. The number of nitro benzene ring substituents is 1. The fourth-order valence-corrected chi connectivity index (χ4v) is 2.47. The van der Waals surface area contributed by atoms with Crippen molar-refractivity contribution in [3.8, 4) is 0 Å². The Kier molecular flexibility index (Phi) is 5.89. The van der Waals surface area contributed by atoms with E-state index in [1.165, 1.54) is 12.1 Å². The zero-order chi connectivity index (χ0) is 17.5. The van der Waals surface area contributed by atoms with Crippen molar-refractivity contribution in [2.24, 2.45) is 0 Å². The summed E-state index contributed by atoms with van der Waals surface area (Å²) in [6.07, 6.45) is 0.176. The second-order valence-corrected chi connectivity index (χ2v) is 5.37. The Morgan fingerprint density at radius 1 is 1.04 bits per heavy atom. The molecule has 2 aromatic carbocycles. The minimum absolute atomic E-state index is 0.0196. The van der Waals surface area contributed by atoms with Crippen molar-refractivity contribution in [3.05, 3.63) is 64.2 Å². The van der Waals surface area contributed by atoms with E-state index in [9.17, 15) is 14.9 Å². The van der Waals surface area contributed by atoms with E-state index in [1.54, 1.807) is 12.1 Å². The smallest absolute Gasteiger partial charge is 0.269 e. The molecule has 0 bridgehead atoms. The van der Waals surface area contributed by atoms with Crippen LogP contribution in [-0.2, 0) is 11.2 Å². The zero-order valence-corrected chi connectivity index (χ0v) is 13.9. The number of hydrogen-bond donors (Lipinski definition) is 1. The number of amides is 1. The first-order valence-electron chi connectivity index (χ1n) is 7.91. The maximum absolute atomic E-state index is 12.1. The third kappa shape index (κ3) is 4.55. The summed E-state index contributed by atoms with van der Waals surface area (Å²) in [6.45, 7) is 6.07. The first-order chi connectivity index (χ1) is 11.5. The van der Waals surface area contributed by atoms with Crippen molar-refractivity contribution in [1.82, 2.24) is 0 Å². The lowest BCUT2D eigenvalue weighted by atomic mass is 10.1. The standard InChI is InChI=1S/C18H21N3O3/c1-3-20(4-2)16-11-7-15(8-12-16)19-18(22)13-14-5-9-17(10-6-14)21(23)24/h5-12H,3-4,13H2,1-2H3,(H,19,22). The number of nitrogens with one attached hydrogen (secondary N) is 1. The van der Waals surface area contributed by atoms with Crippen LogP contribution >= 0.6 is 0 Å². The summed E-state index contributed by atoms with van der Waals surface area (Å²) < 4.78 is 0. The van der Waals surface area contributed by atoms with Gasteiger partial charge in [-0.1, -0.05) is 12.1 Å². The molecule has 2 aromatic rings. The molecule has 0 spiro atoms. The number of hydrogen-bond acceptors (Lipinski definition) is 4. The average molecular weight is 327 g/mol. The average Bonchev–Trinajstić information content (AvgIpc) is 2.58. The van der Waals surface area contributed by atoms with Crippen molar-refractivity contribution in [2.75, 3.05) is 23.3 Å². The molecule has 24 heavy (non-hydrogen) atoms. The van der Waals surface area contributed by atoms with Gasteiger partial charge in [0, 0.05) is 36.6 Å². The molecule has 0 aliphatic heterocycles. The van der Waals surface area contributed by atoms with Gasteiger partial charge in [-0.2, -0.15) is 0 Å². The fourth-order valence-electron chi connectivity index (χ4n) is 2.47. The fraction of sp³-hybridized carbons (Fsp3) is 0.278. The van der Waals surface area contributed by atoms with Gasteiger partial charge in [0.1, 0.15) is 0 Å². The molecule has 0 saturated carbocycles. The lowest BCUT2D eigenvalue weighted by Crippen LogP contribution is -2.21. The van der Waals surface area contributed by atoms with Crippen LogP contribution in [0.25, 0.3) is 0 Å². The van der Waals surface area contributed by atoms with Gasteiger partial charge in [0.15, 0.2) is 0 Å². The van der Waals surface area contributed by atoms with E-state index in [0.29, 0.717) is 0 Å². The van der Waals surface area contributed by atoms with E-state index in [4.69, 9.17) is 0 Å². The highest BCUT2D eigenvalue weighted by atomic mass is 16.6. The predicted octanol–water partition coefficient (Wildman–Crippen LogP) is 3.62. The Balaban J connectivity index is 1.95. The molecule has 0 saturated heterocycles. The molecule has 0 heterocycles. The third-order valence-electron chi connectivity index (χ3n) is 3.79. The van der Waals surface area contributed by atoms with E-state index in [1.807, 2.05) is 24.3 Å². The van der Waals surface area contributed by atoms with Crippen molar-refractivity contribution >= 4 is 23.0 Å². The molecule has 0 aliphatic carbocycles. The topological polar surface area (TPSA) is 75.5 Å². The van der Waals surface area contributed by atoms with Crippen molar-refractivity contribution in [3.63, 3.8) is 0 Å². The molecule has 6 nitrogen and oxygen atoms in total. The van der Waals surface area contributed by atoms with E-state index in [0.717, 1.165) is 30.0 Å². The summed E-state index contributed by atoms with van der Waals surface area (Å²) in [5, 5.41) is 13.5. The molecule has 0 fully saturated rings. The van der Waals surface area contributed by atoms with Crippen LogP contribution in [0.15, 0.2) is 48.5 Å². The molecule has 0 atom stereocenters. The van der Waals surface area contributed by atoms with Gasteiger partial charge in [-0.05, 0) is 43.7 Å². The van der Waals surface area contributed by atoms with Crippen LogP contribution in [0.5, 0.6) is 0 Å². The van der Waals surface area contributed by atoms with Crippen LogP contribution in [0, 0.1) is 10.1 Å². The molecule has 126 valence electrons. The van der Waals surface area contributed by atoms with E-state index >= 15 is 0 Å². The lowest BCUT2D eigenvalue weighted by molar-refractivity contribution is -0.384. The molecule has 0 radical (unpaired) electrons. The van der Waals surface area contributed by atoms with Crippen LogP contribution in [0.3, 0.4) is 0 Å². The zero-order valence-electron chi connectivity index (χ0n) is 13.9. The maximum Gasteiger partial charge on any atom is 0.269 e. The summed E-state index contributed by atoms with van der Waals surface area (Å²) in [6, 6.07) is 13.7.